The molecule has 0 radical (unpaired) electrons. The summed E-state index contributed by atoms with van der Waals surface area (Å²) >= 11 is 0. The molecule has 0 aliphatic heterocycles. The Morgan fingerprint density at radius 2 is 1.78 bits per heavy atom. The third kappa shape index (κ3) is 6.46. The lowest BCUT2D eigenvalue weighted by Gasteiger charge is -2.17. The summed E-state index contributed by atoms with van der Waals surface area (Å²) in [6.07, 6.45) is 2.29. The smallest absolute Gasteiger partial charge is 0.274 e. The van der Waals surface area contributed by atoms with Gasteiger partial charge in [-0.1, -0.05) is 18.2 Å². The highest BCUT2D eigenvalue weighted by Gasteiger charge is 2.14. The Labute approximate surface area is 187 Å². The molecule has 1 heterocycles. The van der Waals surface area contributed by atoms with E-state index in [0.29, 0.717) is 23.5 Å². The van der Waals surface area contributed by atoms with Crippen LogP contribution in [0.1, 0.15) is 38.9 Å². The second kappa shape index (κ2) is 10.6. The first kappa shape index (κ1) is 23.1. The lowest BCUT2D eigenvalue weighted by molar-refractivity contribution is 0.0827. The molecule has 0 aliphatic rings. The molecule has 0 bridgehead atoms. The van der Waals surface area contributed by atoms with Gasteiger partial charge >= 0.3 is 0 Å². The number of benzene rings is 2. The highest BCUT2D eigenvalue weighted by atomic mass is 19.1. The largest absolute Gasteiger partial charge is 0.345 e. The number of anilines is 1. The van der Waals surface area contributed by atoms with Crippen molar-refractivity contribution in [3.8, 4) is 0 Å². The molecule has 0 spiro atoms. The standard InChI is InChI=1S/C25H27FN4O2/c1-17(12-18-7-9-21(26)10-8-18)28-16-19-13-20(25(32)30(2)3)15-22(14-19)29-24(31)23-6-4-5-11-27-23/h4-11,13-15,17,28H,12,16H2,1-3H3,(H,29,31). The summed E-state index contributed by atoms with van der Waals surface area (Å²) in [6, 6.07) is 17.0. The van der Waals surface area contributed by atoms with Gasteiger partial charge in [0, 0.05) is 44.1 Å². The maximum Gasteiger partial charge on any atom is 0.274 e. The zero-order valence-electron chi connectivity index (χ0n) is 18.4. The molecule has 0 aliphatic carbocycles. The zero-order valence-corrected chi connectivity index (χ0v) is 18.4. The Morgan fingerprint density at radius 1 is 1.03 bits per heavy atom. The number of carbonyl (C=O) groups is 2. The van der Waals surface area contributed by atoms with E-state index in [1.54, 1.807) is 56.7 Å². The quantitative estimate of drug-likeness (QED) is 0.564. The predicted molar refractivity (Wildman–Crippen MR) is 123 cm³/mol. The Kier molecular flexibility index (Phi) is 7.68. The molecule has 2 aromatic carbocycles. The van der Waals surface area contributed by atoms with Gasteiger partial charge in [-0.25, -0.2) is 4.39 Å². The summed E-state index contributed by atoms with van der Waals surface area (Å²) in [7, 11) is 3.37. The first-order valence-corrected chi connectivity index (χ1v) is 10.4. The average molecular weight is 435 g/mol. The van der Waals surface area contributed by atoms with E-state index in [2.05, 4.69) is 15.6 Å². The van der Waals surface area contributed by atoms with Crippen LogP contribution < -0.4 is 10.6 Å². The van der Waals surface area contributed by atoms with Crippen molar-refractivity contribution in [1.82, 2.24) is 15.2 Å². The summed E-state index contributed by atoms with van der Waals surface area (Å²) in [4.78, 5) is 30.6. The van der Waals surface area contributed by atoms with Gasteiger partial charge in [-0.2, -0.15) is 0 Å². The normalized spacial score (nSPS) is 11.6. The molecule has 6 nitrogen and oxygen atoms in total. The fourth-order valence-electron chi connectivity index (χ4n) is 3.28. The van der Waals surface area contributed by atoms with Gasteiger partial charge in [0.1, 0.15) is 11.5 Å². The first-order valence-electron chi connectivity index (χ1n) is 10.4. The Balaban J connectivity index is 1.74. The fourth-order valence-corrected chi connectivity index (χ4v) is 3.28. The van der Waals surface area contributed by atoms with Crippen LogP contribution in [0, 0.1) is 5.82 Å². The number of hydrogen-bond acceptors (Lipinski definition) is 4. The number of nitrogens with one attached hydrogen (secondary N) is 2. The van der Waals surface area contributed by atoms with Crippen LogP contribution >= 0.6 is 0 Å². The van der Waals surface area contributed by atoms with Gasteiger partial charge in [-0.05, 0) is 66.9 Å². The van der Waals surface area contributed by atoms with Gasteiger partial charge in [0.25, 0.3) is 11.8 Å². The number of amides is 2. The van der Waals surface area contributed by atoms with Crippen LogP contribution in [-0.4, -0.2) is 41.8 Å². The summed E-state index contributed by atoms with van der Waals surface area (Å²) in [5.41, 5.74) is 3.20. The number of rotatable bonds is 8. The molecule has 3 rings (SSSR count). The molecule has 2 N–H and O–H groups in total. The Hall–Kier alpha value is -3.58. The lowest BCUT2D eigenvalue weighted by atomic mass is 10.1. The SMILES string of the molecule is CC(Cc1ccc(F)cc1)NCc1cc(NC(=O)c2ccccn2)cc(C(=O)N(C)C)c1. The molecular weight excluding hydrogens is 407 g/mol. The van der Waals surface area contributed by atoms with Crippen LogP contribution in [0.15, 0.2) is 66.9 Å². The summed E-state index contributed by atoms with van der Waals surface area (Å²) in [6.45, 7) is 2.55. The average Bonchev–Trinajstić information content (AvgIpc) is 2.79. The van der Waals surface area contributed by atoms with Crippen molar-refractivity contribution in [3.63, 3.8) is 0 Å². The van der Waals surface area contributed by atoms with E-state index in [1.807, 2.05) is 19.1 Å². The highest BCUT2D eigenvalue weighted by molar-refractivity contribution is 6.04. The first-order chi connectivity index (χ1) is 15.3. The van der Waals surface area contributed by atoms with Gasteiger partial charge < -0.3 is 15.5 Å². The van der Waals surface area contributed by atoms with E-state index in [9.17, 15) is 14.0 Å². The molecule has 1 unspecified atom stereocenters. The fraction of sp³-hybridized carbons (Fsp3) is 0.240. The maximum atomic E-state index is 13.1. The molecule has 0 fully saturated rings. The van der Waals surface area contributed by atoms with Gasteiger partial charge in [-0.3, -0.25) is 14.6 Å². The number of halogens is 1. The van der Waals surface area contributed by atoms with Gasteiger partial charge in [-0.15, -0.1) is 0 Å². The van der Waals surface area contributed by atoms with E-state index in [-0.39, 0.29) is 23.7 Å². The third-order valence-corrected chi connectivity index (χ3v) is 4.91. The number of aromatic nitrogens is 1. The van der Waals surface area contributed by atoms with Crippen molar-refractivity contribution < 1.29 is 14.0 Å². The minimum atomic E-state index is -0.344. The van der Waals surface area contributed by atoms with Crippen LogP contribution in [0.2, 0.25) is 0 Å². The molecular formula is C25H27FN4O2. The lowest BCUT2D eigenvalue weighted by Crippen LogP contribution is -2.28. The number of pyridine rings is 1. The molecule has 166 valence electrons. The molecule has 1 atom stereocenters. The van der Waals surface area contributed by atoms with E-state index in [0.717, 1.165) is 17.5 Å². The molecule has 7 heteroatoms. The molecule has 0 saturated heterocycles. The van der Waals surface area contributed by atoms with Crippen LogP contribution in [0.3, 0.4) is 0 Å². The number of nitrogens with zero attached hydrogens (tertiary/aromatic N) is 2. The topological polar surface area (TPSA) is 74.3 Å². The monoisotopic (exact) mass is 434 g/mol. The summed E-state index contributed by atoms with van der Waals surface area (Å²) in [5, 5.41) is 6.26. The number of hydrogen-bond donors (Lipinski definition) is 2. The van der Waals surface area contributed by atoms with Crippen LogP contribution in [0.25, 0.3) is 0 Å². The zero-order chi connectivity index (χ0) is 23.1. The van der Waals surface area contributed by atoms with Gasteiger partial charge in [0.05, 0.1) is 0 Å². The van der Waals surface area contributed by atoms with Crippen molar-refractivity contribution in [1.29, 1.82) is 0 Å². The molecule has 0 saturated carbocycles. The minimum Gasteiger partial charge on any atom is -0.345 e. The molecule has 2 amide bonds. The summed E-state index contributed by atoms with van der Waals surface area (Å²) < 4.78 is 13.1. The van der Waals surface area contributed by atoms with Crippen molar-refractivity contribution in [2.75, 3.05) is 19.4 Å². The van der Waals surface area contributed by atoms with E-state index >= 15 is 0 Å². The van der Waals surface area contributed by atoms with E-state index in [1.165, 1.54) is 17.0 Å². The maximum absolute atomic E-state index is 13.1. The molecule has 3 aromatic rings. The van der Waals surface area contributed by atoms with Crippen molar-refractivity contribution in [2.45, 2.75) is 25.9 Å². The molecule has 32 heavy (non-hydrogen) atoms. The van der Waals surface area contributed by atoms with Crippen LogP contribution in [-0.2, 0) is 13.0 Å². The van der Waals surface area contributed by atoms with Crippen molar-refractivity contribution in [3.05, 3.63) is 95.1 Å². The predicted octanol–water partition coefficient (Wildman–Crippen LogP) is 3.90. The molecule has 1 aromatic heterocycles. The van der Waals surface area contributed by atoms with Crippen LogP contribution in [0.5, 0.6) is 0 Å². The second-order valence-electron chi connectivity index (χ2n) is 7.90. The number of carbonyl (C=O) groups excluding carboxylic acids is 2. The van der Waals surface area contributed by atoms with Crippen molar-refractivity contribution >= 4 is 17.5 Å². The van der Waals surface area contributed by atoms with Crippen molar-refractivity contribution in [2.24, 2.45) is 0 Å². The van der Waals surface area contributed by atoms with E-state index in [4.69, 9.17) is 0 Å². The minimum absolute atomic E-state index is 0.125. The summed E-state index contributed by atoms with van der Waals surface area (Å²) in [5.74, 6) is -0.750. The van der Waals surface area contributed by atoms with Crippen LogP contribution in [0.4, 0.5) is 10.1 Å². The highest BCUT2D eigenvalue weighted by Crippen LogP contribution is 2.18. The second-order valence-corrected chi connectivity index (χ2v) is 7.90. The van der Waals surface area contributed by atoms with E-state index < -0.39 is 0 Å². The van der Waals surface area contributed by atoms with Gasteiger partial charge in [0.15, 0.2) is 0 Å². The third-order valence-electron chi connectivity index (χ3n) is 4.91. The Morgan fingerprint density at radius 3 is 2.44 bits per heavy atom. The van der Waals surface area contributed by atoms with Gasteiger partial charge in [0.2, 0.25) is 0 Å². The Bertz CT molecular complexity index is 1070.